The van der Waals surface area contributed by atoms with Crippen LogP contribution in [0, 0.1) is 20.8 Å². The lowest BCUT2D eigenvalue weighted by Gasteiger charge is -2.11. The van der Waals surface area contributed by atoms with Crippen molar-refractivity contribution in [2.24, 2.45) is 4.99 Å². The number of thiazole rings is 1. The Morgan fingerprint density at radius 3 is 2.57 bits per heavy atom. The second-order valence-electron chi connectivity index (χ2n) is 5.21. The highest BCUT2D eigenvalue weighted by atomic mass is 127. The topological polar surface area (TPSA) is 67.1 Å². The van der Waals surface area contributed by atoms with E-state index in [0.29, 0.717) is 0 Å². The van der Waals surface area contributed by atoms with Crippen molar-refractivity contribution in [1.29, 1.82) is 0 Å². The number of aryl methyl sites for hydroxylation is 3. The second-order valence-corrected chi connectivity index (χ2v) is 6.49. The fraction of sp³-hybridized carbons (Fsp3) is 0.533. The van der Waals surface area contributed by atoms with E-state index in [1.807, 2.05) is 24.0 Å². The molecule has 0 radical (unpaired) electrons. The first-order chi connectivity index (χ1) is 10.6. The average molecular weight is 448 g/mol. The molecule has 128 valence electrons. The molecule has 23 heavy (non-hydrogen) atoms. The molecule has 0 aliphatic heterocycles. The largest absolute Gasteiger partial charge is 0.356 e. The molecule has 0 bridgehead atoms. The van der Waals surface area contributed by atoms with Crippen LogP contribution in [-0.4, -0.2) is 40.9 Å². The number of guanidine groups is 1. The zero-order valence-corrected chi connectivity index (χ0v) is 17.2. The summed E-state index contributed by atoms with van der Waals surface area (Å²) in [6.07, 6.45) is 4.81. The van der Waals surface area contributed by atoms with E-state index in [4.69, 9.17) is 0 Å². The molecule has 6 nitrogen and oxygen atoms in total. The smallest absolute Gasteiger partial charge is 0.191 e. The van der Waals surface area contributed by atoms with Gasteiger partial charge in [-0.2, -0.15) is 5.10 Å². The Morgan fingerprint density at radius 1 is 1.26 bits per heavy atom. The Morgan fingerprint density at radius 2 is 2.00 bits per heavy atom. The van der Waals surface area contributed by atoms with Crippen LogP contribution in [0.3, 0.4) is 0 Å². The molecule has 0 fully saturated rings. The summed E-state index contributed by atoms with van der Waals surface area (Å²) in [4.78, 5) is 10.1. The second kappa shape index (κ2) is 9.86. The summed E-state index contributed by atoms with van der Waals surface area (Å²) < 4.78 is 1.93. The molecule has 2 rings (SSSR count). The Kier molecular flexibility index (Phi) is 8.53. The first-order valence-electron chi connectivity index (χ1n) is 7.45. The molecule has 0 aliphatic carbocycles. The molecule has 2 heterocycles. The summed E-state index contributed by atoms with van der Waals surface area (Å²) in [6.45, 7) is 8.64. The molecule has 0 spiro atoms. The lowest BCUT2D eigenvalue weighted by Crippen LogP contribution is -2.39. The van der Waals surface area contributed by atoms with Gasteiger partial charge < -0.3 is 10.6 Å². The summed E-state index contributed by atoms with van der Waals surface area (Å²) >= 11 is 1.77. The minimum atomic E-state index is 0. The zero-order chi connectivity index (χ0) is 15.9. The Balaban J connectivity index is 0.00000264. The third-order valence-electron chi connectivity index (χ3n) is 3.32. The molecule has 2 N–H and O–H groups in total. The highest BCUT2D eigenvalue weighted by Gasteiger charge is 2.04. The SMILES string of the molecule is CN=C(NCCc1nc(C)c(C)s1)NCCn1cc(C)cn1.I. The summed E-state index contributed by atoms with van der Waals surface area (Å²) in [7, 11) is 1.78. The van der Waals surface area contributed by atoms with Crippen molar-refractivity contribution in [2.45, 2.75) is 33.7 Å². The minimum absolute atomic E-state index is 0. The number of rotatable bonds is 6. The van der Waals surface area contributed by atoms with Crippen LogP contribution in [0.25, 0.3) is 0 Å². The fourth-order valence-corrected chi connectivity index (χ4v) is 2.97. The normalized spacial score (nSPS) is 11.2. The van der Waals surface area contributed by atoms with Crippen molar-refractivity contribution in [2.75, 3.05) is 20.1 Å². The molecular weight excluding hydrogens is 423 g/mol. The van der Waals surface area contributed by atoms with Crippen molar-refractivity contribution in [3.05, 3.63) is 33.5 Å². The summed E-state index contributed by atoms with van der Waals surface area (Å²) in [5, 5.41) is 12.0. The number of nitrogens with zero attached hydrogens (tertiary/aromatic N) is 4. The minimum Gasteiger partial charge on any atom is -0.356 e. The van der Waals surface area contributed by atoms with Crippen LogP contribution in [-0.2, 0) is 13.0 Å². The van der Waals surface area contributed by atoms with E-state index < -0.39 is 0 Å². The van der Waals surface area contributed by atoms with Crippen molar-refractivity contribution in [1.82, 2.24) is 25.4 Å². The number of aliphatic imine (C=N–C) groups is 1. The van der Waals surface area contributed by atoms with Crippen LogP contribution in [0.5, 0.6) is 0 Å². The van der Waals surface area contributed by atoms with Gasteiger partial charge in [-0.05, 0) is 26.3 Å². The van der Waals surface area contributed by atoms with E-state index in [2.05, 4.69) is 39.6 Å². The molecule has 0 saturated carbocycles. The third-order valence-corrected chi connectivity index (χ3v) is 4.46. The lowest BCUT2D eigenvalue weighted by atomic mass is 10.4. The van der Waals surface area contributed by atoms with E-state index in [-0.39, 0.29) is 24.0 Å². The van der Waals surface area contributed by atoms with Gasteiger partial charge in [-0.25, -0.2) is 4.98 Å². The Bertz CT molecular complexity index is 614. The highest BCUT2D eigenvalue weighted by molar-refractivity contribution is 14.0. The predicted octanol–water partition coefficient (Wildman–Crippen LogP) is 2.29. The van der Waals surface area contributed by atoms with E-state index in [1.165, 1.54) is 15.4 Å². The number of aromatic nitrogens is 3. The first-order valence-corrected chi connectivity index (χ1v) is 8.26. The van der Waals surface area contributed by atoms with Crippen LogP contribution in [0.15, 0.2) is 17.4 Å². The first kappa shape index (κ1) is 19.9. The van der Waals surface area contributed by atoms with Crippen LogP contribution < -0.4 is 10.6 Å². The fourth-order valence-electron chi connectivity index (χ4n) is 2.03. The summed E-state index contributed by atoms with van der Waals surface area (Å²) in [6, 6.07) is 0. The molecule has 0 aromatic carbocycles. The van der Waals surface area contributed by atoms with Crippen molar-refractivity contribution in [3.63, 3.8) is 0 Å². The van der Waals surface area contributed by atoms with E-state index in [9.17, 15) is 0 Å². The van der Waals surface area contributed by atoms with Crippen molar-refractivity contribution < 1.29 is 0 Å². The molecule has 2 aromatic heterocycles. The van der Waals surface area contributed by atoms with E-state index in [1.54, 1.807) is 18.4 Å². The van der Waals surface area contributed by atoms with Gasteiger partial charge in [0, 0.05) is 37.6 Å². The molecule has 0 atom stereocenters. The van der Waals surface area contributed by atoms with Crippen molar-refractivity contribution >= 4 is 41.3 Å². The standard InChI is InChI=1S/C15H24N6S.HI/c1-11-9-19-21(10-11)8-7-18-15(16-4)17-6-5-14-20-12(2)13(3)22-14;/h9-10H,5-8H2,1-4H3,(H2,16,17,18);1H. The Hall–Kier alpha value is -1.16. The number of hydrogen-bond acceptors (Lipinski definition) is 4. The number of hydrogen-bond donors (Lipinski definition) is 2. The number of nitrogens with one attached hydrogen (secondary N) is 2. The molecule has 0 unspecified atom stereocenters. The van der Waals surface area contributed by atoms with Gasteiger partial charge in [0.25, 0.3) is 0 Å². The van der Waals surface area contributed by atoms with E-state index in [0.717, 1.165) is 37.7 Å². The van der Waals surface area contributed by atoms with Gasteiger partial charge in [-0.1, -0.05) is 0 Å². The quantitative estimate of drug-likeness (QED) is 0.405. The highest BCUT2D eigenvalue weighted by Crippen LogP contribution is 2.16. The zero-order valence-electron chi connectivity index (χ0n) is 14.1. The lowest BCUT2D eigenvalue weighted by molar-refractivity contribution is 0.597. The summed E-state index contributed by atoms with van der Waals surface area (Å²) in [5.74, 6) is 0.814. The maximum absolute atomic E-state index is 4.54. The van der Waals surface area contributed by atoms with Gasteiger partial charge in [0.05, 0.1) is 23.4 Å². The molecular formula is C15H25IN6S. The number of halogens is 1. The van der Waals surface area contributed by atoms with Gasteiger partial charge in [0.2, 0.25) is 0 Å². The van der Waals surface area contributed by atoms with Crippen molar-refractivity contribution in [3.8, 4) is 0 Å². The van der Waals surface area contributed by atoms with Gasteiger partial charge in [-0.3, -0.25) is 9.67 Å². The molecule has 2 aromatic rings. The molecule has 0 saturated heterocycles. The predicted molar refractivity (Wildman–Crippen MR) is 107 cm³/mol. The van der Waals surface area contributed by atoms with Gasteiger partial charge in [0.15, 0.2) is 5.96 Å². The maximum atomic E-state index is 4.54. The van der Waals surface area contributed by atoms with Gasteiger partial charge in [0.1, 0.15) is 0 Å². The van der Waals surface area contributed by atoms with Crippen LogP contribution in [0.2, 0.25) is 0 Å². The Labute approximate surface area is 158 Å². The third kappa shape index (κ3) is 6.46. The van der Waals surface area contributed by atoms with E-state index >= 15 is 0 Å². The van der Waals surface area contributed by atoms with Crippen LogP contribution >= 0.6 is 35.3 Å². The van der Waals surface area contributed by atoms with Crippen LogP contribution in [0.4, 0.5) is 0 Å². The molecule has 8 heteroatoms. The van der Waals surface area contributed by atoms with Gasteiger partial charge in [-0.15, -0.1) is 35.3 Å². The van der Waals surface area contributed by atoms with Gasteiger partial charge >= 0.3 is 0 Å². The molecule has 0 amide bonds. The average Bonchev–Trinajstić information content (AvgIpc) is 3.03. The monoisotopic (exact) mass is 448 g/mol. The molecule has 0 aliphatic rings. The summed E-state index contributed by atoms with van der Waals surface area (Å²) in [5.41, 5.74) is 2.31. The van der Waals surface area contributed by atoms with Crippen LogP contribution in [0.1, 0.15) is 21.1 Å². The maximum Gasteiger partial charge on any atom is 0.191 e.